The zero-order chi connectivity index (χ0) is 11.7. The van der Waals surface area contributed by atoms with Crippen LogP contribution in [0.5, 0.6) is 0 Å². The SMILES string of the molecule is Cc1cc(=O)[nH]c(=O)n1-c1cccc(F)c1. The van der Waals surface area contributed by atoms with Gasteiger partial charge in [0, 0.05) is 11.8 Å². The van der Waals surface area contributed by atoms with Crippen molar-refractivity contribution in [3.63, 3.8) is 0 Å². The molecule has 1 N–H and O–H groups in total. The normalized spacial score (nSPS) is 10.4. The predicted octanol–water partition coefficient (Wildman–Crippen LogP) is 0.973. The maximum Gasteiger partial charge on any atom is 0.333 e. The first-order chi connectivity index (χ1) is 7.58. The number of hydrogen-bond acceptors (Lipinski definition) is 2. The molecule has 0 unspecified atom stereocenters. The van der Waals surface area contributed by atoms with Crippen LogP contribution >= 0.6 is 0 Å². The standard InChI is InChI=1S/C11H9FN2O2/c1-7-5-10(15)13-11(16)14(7)9-4-2-3-8(12)6-9/h2-6H,1H3,(H,13,15,16). The highest BCUT2D eigenvalue weighted by molar-refractivity contribution is 5.33. The van der Waals surface area contributed by atoms with E-state index in [-0.39, 0.29) is 0 Å². The summed E-state index contributed by atoms with van der Waals surface area (Å²) in [4.78, 5) is 24.7. The number of aromatic nitrogens is 2. The third kappa shape index (κ3) is 1.79. The first-order valence-electron chi connectivity index (χ1n) is 4.67. The van der Waals surface area contributed by atoms with Gasteiger partial charge in [-0.05, 0) is 25.1 Å². The van der Waals surface area contributed by atoms with Gasteiger partial charge in [-0.3, -0.25) is 14.3 Å². The Morgan fingerprint density at radius 2 is 2.00 bits per heavy atom. The fraction of sp³-hybridized carbons (Fsp3) is 0.0909. The van der Waals surface area contributed by atoms with Crippen molar-refractivity contribution >= 4 is 0 Å². The Labute approximate surface area is 90.0 Å². The van der Waals surface area contributed by atoms with Gasteiger partial charge in [0.15, 0.2) is 0 Å². The van der Waals surface area contributed by atoms with Gasteiger partial charge in [-0.1, -0.05) is 6.07 Å². The molecule has 0 saturated heterocycles. The van der Waals surface area contributed by atoms with Crippen LogP contribution in [-0.2, 0) is 0 Å². The summed E-state index contributed by atoms with van der Waals surface area (Å²) in [5, 5.41) is 0. The van der Waals surface area contributed by atoms with Crippen LogP contribution in [0.25, 0.3) is 5.69 Å². The maximum atomic E-state index is 13.0. The van der Waals surface area contributed by atoms with Gasteiger partial charge in [-0.25, -0.2) is 9.18 Å². The van der Waals surface area contributed by atoms with Crippen molar-refractivity contribution in [1.29, 1.82) is 0 Å². The third-order valence-electron chi connectivity index (χ3n) is 2.19. The molecule has 0 radical (unpaired) electrons. The third-order valence-corrected chi connectivity index (χ3v) is 2.19. The van der Waals surface area contributed by atoms with Gasteiger partial charge >= 0.3 is 5.69 Å². The Kier molecular flexibility index (Phi) is 2.44. The van der Waals surface area contributed by atoms with E-state index in [0.717, 1.165) is 0 Å². The van der Waals surface area contributed by atoms with Crippen LogP contribution in [0.15, 0.2) is 39.9 Å². The lowest BCUT2D eigenvalue weighted by Crippen LogP contribution is -2.29. The Balaban J connectivity index is 2.74. The molecule has 0 atom stereocenters. The topological polar surface area (TPSA) is 54.9 Å². The van der Waals surface area contributed by atoms with Crippen LogP contribution in [0, 0.1) is 12.7 Å². The number of nitrogens with zero attached hydrogens (tertiary/aromatic N) is 1. The van der Waals surface area contributed by atoms with Gasteiger partial charge < -0.3 is 0 Å². The Morgan fingerprint density at radius 3 is 2.62 bits per heavy atom. The number of halogens is 1. The Bertz CT molecular complexity index is 643. The van der Waals surface area contributed by atoms with Crippen LogP contribution in [-0.4, -0.2) is 9.55 Å². The first-order valence-corrected chi connectivity index (χ1v) is 4.67. The van der Waals surface area contributed by atoms with E-state index >= 15 is 0 Å². The van der Waals surface area contributed by atoms with E-state index < -0.39 is 17.1 Å². The minimum Gasteiger partial charge on any atom is -0.274 e. The van der Waals surface area contributed by atoms with E-state index in [1.165, 1.54) is 28.8 Å². The molecule has 0 bridgehead atoms. The number of hydrogen-bond donors (Lipinski definition) is 1. The van der Waals surface area contributed by atoms with E-state index in [4.69, 9.17) is 0 Å². The van der Waals surface area contributed by atoms with Crippen LogP contribution in [0.3, 0.4) is 0 Å². The van der Waals surface area contributed by atoms with Crippen molar-refractivity contribution in [1.82, 2.24) is 9.55 Å². The van der Waals surface area contributed by atoms with E-state index in [9.17, 15) is 14.0 Å². The van der Waals surface area contributed by atoms with Crippen LogP contribution in [0.2, 0.25) is 0 Å². The fourth-order valence-electron chi connectivity index (χ4n) is 1.55. The number of aromatic amines is 1. The fourth-order valence-corrected chi connectivity index (χ4v) is 1.55. The molecule has 1 aromatic heterocycles. The minimum absolute atomic E-state index is 0.388. The van der Waals surface area contributed by atoms with Gasteiger partial charge in [-0.15, -0.1) is 0 Å². The molecule has 16 heavy (non-hydrogen) atoms. The molecule has 1 aromatic carbocycles. The average molecular weight is 220 g/mol. The quantitative estimate of drug-likeness (QED) is 0.778. The summed E-state index contributed by atoms with van der Waals surface area (Å²) in [7, 11) is 0. The van der Waals surface area contributed by atoms with Crippen molar-refractivity contribution in [3.8, 4) is 5.69 Å². The summed E-state index contributed by atoms with van der Waals surface area (Å²) in [6.45, 7) is 1.61. The molecule has 0 aliphatic heterocycles. The van der Waals surface area contributed by atoms with Gasteiger partial charge in [0.05, 0.1) is 5.69 Å². The van der Waals surface area contributed by atoms with Crippen molar-refractivity contribution in [2.75, 3.05) is 0 Å². The predicted molar refractivity (Wildman–Crippen MR) is 57.4 cm³/mol. The molecule has 0 saturated carbocycles. The molecule has 0 spiro atoms. The van der Waals surface area contributed by atoms with E-state index in [2.05, 4.69) is 4.98 Å². The molecule has 1 heterocycles. The molecular weight excluding hydrogens is 211 g/mol. The highest BCUT2D eigenvalue weighted by Crippen LogP contribution is 2.08. The maximum absolute atomic E-state index is 13.0. The van der Waals surface area contributed by atoms with Crippen molar-refractivity contribution in [3.05, 3.63) is 62.7 Å². The van der Waals surface area contributed by atoms with Crippen molar-refractivity contribution in [2.24, 2.45) is 0 Å². The van der Waals surface area contributed by atoms with Crippen molar-refractivity contribution < 1.29 is 4.39 Å². The van der Waals surface area contributed by atoms with Gasteiger partial charge in [0.1, 0.15) is 5.82 Å². The zero-order valence-corrected chi connectivity index (χ0v) is 8.53. The molecule has 0 fully saturated rings. The second kappa shape index (κ2) is 3.77. The Morgan fingerprint density at radius 1 is 1.25 bits per heavy atom. The first kappa shape index (κ1) is 10.4. The van der Waals surface area contributed by atoms with Crippen LogP contribution in [0.4, 0.5) is 4.39 Å². The molecule has 5 heteroatoms. The van der Waals surface area contributed by atoms with E-state index in [1.807, 2.05) is 0 Å². The summed E-state index contributed by atoms with van der Waals surface area (Å²) < 4.78 is 14.2. The van der Waals surface area contributed by atoms with Crippen LogP contribution in [0.1, 0.15) is 5.69 Å². The van der Waals surface area contributed by atoms with Gasteiger partial charge in [-0.2, -0.15) is 0 Å². The summed E-state index contributed by atoms with van der Waals surface area (Å²) in [6, 6.07) is 6.89. The molecule has 0 aliphatic rings. The molecular formula is C11H9FN2O2. The second-order valence-corrected chi connectivity index (χ2v) is 3.40. The molecule has 2 aromatic rings. The van der Waals surface area contributed by atoms with Crippen molar-refractivity contribution in [2.45, 2.75) is 6.92 Å². The van der Waals surface area contributed by atoms with E-state index in [1.54, 1.807) is 13.0 Å². The number of aryl methyl sites for hydroxylation is 1. The smallest absolute Gasteiger partial charge is 0.274 e. The van der Waals surface area contributed by atoms with Crippen LogP contribution < -0.4 is 11.2 Å². The second-order valence-electron chi connectivity index (χ2n) is 3.40. The summed E-state index contributed by atoms with van der Waals surface area (Å²) in [5.74, 6) is -0.435. The summed E-state index contributed by atoms with van der Waals surface area (Å²) in [5.41, 5.74) is -0.191. The lowest BCUT2D eigenvalue weighted by Gasteiger charge is -2.08. The largest absolute Gasteiger partial charge is 0.333 e. The number of nitrogens with one attached hydrogen (secondary N) is 1. The lowest BCUT2D eigenvalue weighted by atomic mass is 10.3. The number of rotatable bonds is 1. The molecule has 0 aliphatic carbocycles. The Hall–Kier alpha value is -2.17. The number of H-pyrrole nitrogens is 1. The molecule has 4 nitrogen and oxygen atoms in total. The summed E-state index contributed by atoms with van der Waals surface area (Å²) >= 11 is 0. The molecule has 82 valence electrons. The summed E-state index contributed by atoms with van der Waals surface area (Å²) in [6.07, 6.45) is 0. The average Bonchev–Trinajstić information content (AvgIpc) is 2.15. The lowest BCUT2D eigenvalue weighted by molar-refractivity contribution is 0.625. The van der Waals surface area contributed by atoms with Gasteiger partial charge in [0.2, 0.25) is 0 Å². The molecule has 0 amide bonds. The highest BCUT2D eigenvalue weighted by Gasteiger charge is 2.05. The van der Waals surface area contributed by atoms with Gasteiger partial charge in [0.25, 0.3) is 5.56 Å². The minimum atomic E-state index is -0.574. The van der Waals surface area contributed by atoms with E-state index in [0.29, 0.717) is 11.4 Å². The number of benzene rings is 1. The monoisotopic (exact) mass is 220 g/mol. The zero-order valence-electron chi connectivity index (χ0n) is 8.53. The highest BCUT2D eigenvalue weighted by atomic mass is 19.1. The molecule has 2 rings (SSSR count).